The first-order chi connectivity index (χ1) is 17.6. The fourth-order valence-electron chi connectivity index (χ4n) is 4.04. The molecule has 0 radical (unpaired) electrons. The first-order valence-corrected chi connectivity index (χ1v) is 11.9. The molecule has 0 N–H and O–H groups in total. The molecule has 1 fully saturated rings. The Kier molecular flexibility index (Phi) is 9.34. The Bertz CT molecular complexity index is 1110. The van der Waals surface area contributed by atoms with E-state index in [9.17, 15) is 19.2 Å². The fraction of sp³-hybridized carbons (Fsp3) is 0.520. The van der Waals surface area contributed by atoms with E-state index in [1.165, 1.54) is 31.0 Å². The molecule has 1 saturated heterocycles. The first-order valence-electron chi connectivity index (χ1n) is 11.9. The number of benzene rings is 1. The molecule has 3 rings (SSSR count). The van der Waals surface area contributed by atoms with Gasteiger partial charge < -0.3 is 23.7 Å². The van der Waals surface area contributed by atoms with Crippen LogP contribution in [0, 0.1) is 0 Å². The van der Waals surface area contributed by atoms with Gasteiger partial charge in [0, 0.05) is 34.1 Å². The molecule has 1 aliphatic rings. The van der Waals surface area contributed by atoms with Gasteiger partial charge >= 0.3 is 23.9 Å². The Labute approximate surface area is 214 Å². The summed E-state index contributed by atoms with van der Waals surface area (Å²) in [5, 5.41) is 8.36. The van der Waals surface area contributed by atoms with Gasteiger partial charge in [-0.2, -0.15) is 0 Å². The summed E-state index contributed by atoms with van der Waals surface area (Å²) < 4.78 is 28.8. The molecule has 2 aromatic rings. The lowest BCUT2D eigenvalue weighted by Crippen LogP contribution is -2.60. The molecular weight excluding hydrogens is 486 g/mol. The second-order valence-electron chi connectivity index (χ2n) is 8.63. The van der Waals surface area contributed by atoms with Gasteiger partial charge in [-0.1, -0.05) is 36.4 Å². The largest absolute Gasteiger partial charge is 0.463 e. The minimum atomic E-state index is -1.28. The van der Waals surface area contributed by atoms with Crippen molar-refractivity contribution in [1.82, 2.24) is 15.0 Å². The first kappa shape index (κ1) is 27.8. The lowest BCUT2D eigenvalue weighted by Gasteiger charge is -2.44. The number of rotatable bonds is 9. The Balaban J connectivity index is 1.96. The fourth-order valence-corrected chi connectivity index (χ4v) is 4.04. The Morgan fingerprint density at radius 2 is 1.41 bits per heavy atom. The second-order valence-corrected chi connectivity index (χ2v) is 8.63. The molecule has 0 unspecified atom stereocenters. The summed E-state index contributed by atoms with van der Waals surface area (Å²) in [7, 11) is 0. The van der Waals surface area contributed by atoms with Gasteiger partial charge in [0.15, 0.2) is 24.5 Å². The predicted molar refractivity (Wildman–Crippen MR) is 126 cm³/mol. The number of ether oxygens (including phenoxy) is 5. The van der Waals surface area contributed by atoms with Crippen LogP contribution >= 0.6 is 0 Å². The van der Waals surface area contributed by atoms with E-state index in [1.54, 1.807) is 6.20 Å². The van der Waals surface area contributed by atoms with Crippen molar-refractivity contribution in [3.8, 4) is 0 Å². The van der Waals surface area contributed by atoms with Crippen molar-refractivity contribution in [2.45, 2.75) is 78.1 Å². The molecule has 1 aromatic carbocycles. The summed E-state index contributed by atoms with van der Waals surface area (Å²) in [5.41, 5.74) is 2.84. The van der Waals surface area contributed by atoms with Crippen LogP contribution in [0.2, 0.25) is 0 Å². The normalized spacial score (nSPS) is 23.1. The van der Waals surface area contributed by atoms with Gasteiger partial charge in [0.25, 0.3) is 0 Å². The van der Waals surface area contributed by atoms with Crippen molar-refractivity contribution in [3.05, 3.63) is 47.3 Å². The standard InChI is InChI=1S/C25H31N3O9/c1-6-18-7-9-19(10-8-18)11-20-12-28(27-26-20)25-24(36-17(5)32)23(35-16(4)31)22(34-15(3)30)21(37-25)13-33-14(2)29/h7-10,12,21-25H,6,11,13H2,1-5H3/t21-,22-,23+,24-,25-/m1/s1. The highest BCUT2D eigenvalue weighted by atomic mass is 16.7. The summed E-state index contributed by atoms with van der Waals surface area (Å²) in [5.74, 6) is -2.69. The van der Waals surface area contributed by atoms with Crippen LogP contribution in [0.1, 0.15) is 57.7 Å². The maximum atomic E-state index is 12.0. The van der Waals surface area contributed by atoms with Gasteiger partial charge in [-0.05, 0) is 17.5 Å². The molecule has 0 spiro atoms. The molecule has 1 aromatic heterocycles. The number of aryl methyl sites for hydroxylation is 1. The van der Waals surface area contributed by atoms with Crippen molar-refractivity contribution < 1.29 is 42.9 Å². The van der Waals surface area contributed by atoms with Crippen molar-refractivity contribution in [3.63, 3.8) is 0 Å². The van der Waals surface area contributed by atoms with E-state index in [-0.39, 0.29) is 6.61 Å². The van der Waals surface area contributed by atoms with E-state index in [1.807, 2.05) is 24.3 Å². The molecule has 37 heavy (non-hydrogen) atoms. The van der Waals surface area contributed by atoms with Crippen LogP contribution in [0.3, 0.4) is 0 Å². The Morgan fingerprint density at radius 3 is 1.97 bits per heavy atom. The van der Waals surface area contributed by atoms with Gasteiger partial charge in [0.05, 0.1) is 11.9 Å². The quantitative estimate of drug-likeness (QED) is 0.354. The van der Waals surface area contributed by atoms with E-state index in [2.05, 4.69) is 17.2 Å². The molecule has 5 atom stereocenters. The number of carbonyl (C=O) groups excluding carboxylic acids is 4. The van der Waals surface area contributed by atoms with Crippen LogP contribution in [0.4, 0.5) is 0 Å². The molecule has 0 amide bonds. The van der Waals surface area contributed by atoms with Crippen LogP contribution in [-0.4, -0.2) is 69.9 Å². The monoisotopic (exact) mass is 517 g/mol. The van der Waals surface area contributed by atoms with Gasteiger partial charge in [-0.25, -0.2) is 4.68 Å². The van der Waals surface area contributed by atoms with Crippen LogP contribution in [0.5, 0.6) is 0 Å². The molecule has 1 aliphatic heterocycles. The van der Waals surface area contributed by atoms with Gasteiger partial charge in [0.2, 0.25) is 0 Å². The minimum absolute atomic E-state index is 0.320. The van der Waals surface area contributed by atoms with Crippen LogP contribution in [-0.2, 0) is 55.7 Å². The third kappa shape index (κ3) is 7.59. The second kappa shape index (κ2) is 12.4. The van der Waals surface area contributed by atoms with Crippen molar-refractivity contribution >= 4 is 23.9 Å². The number of hydrogen-bond acceptors (Lipinski definition) is 11. The highest BCUT2D eigenvalue weighted by molar-refractivity contribution is 5.68. The molecule has 0 aliphatic carbocycles. The molecule has 0 saturated carbocycles. The van der Waals surface area contributed by atoms with Crippen molar-refractivity contribution in [2.75, 3.05) is 6.61 Å². The lowest BCUT2D eigenvalue weighted by molar-refractivity contribution is -0.270. The van der Waals surface area contributed by atoms with Crippen molar-refractivity contribution in [2.24, 2.45) is 0 Å². The number of esters is 4. The van der Waals surface area contributed by atoms with E-state index in [0.717, 1.165) is 18.9 Å². The zero-order valence-electron chi connectivity index (χ0n) is 21.4. The number of aromatic nitrogens is 3. The van der Waals surface area contributed by atoms with Gasteiger partial charge in [-0.3, -0.25) is 19.2 Å². The van der Waals surface area contributed by atoms with E-state index in [4.69, 9.17) is 23.7 Å². The highest BCUT2D eigenvalue weighted by Crippen LogP contribution is 2.34. The number of carbonyl (C=O) groups is 4. The Morgan fingerprint density at radius 1 is 0.838 bits per heavy atom. The van der Waals surface area contributed by atoms with E-state index < -0.39 is 54.5 Å². The molecule has 0 bridgehead atoms. The highest BCUT2D eigenvalue weighted by Gasteiger charge is 2.53. The molecule has 200 valence electrons. The molecule has 12 heteroatoms. The topological polar surface area (TPSA) is 145 Å². The van der Waals surface area contributed by atoms with Crippen LogP contribution < -0.4 is 0 Å². The number of nitrogens with zero attached hydrogens (tertiary/aromatic N) is 3. The Hall–Kier alpha value is -3.80. The molecule has 2 heterocycles. The zero-order valence-corrected chi connectivity index (χ0v) is 21.4. The molecule has 12 nitrogen and oxygen atoms in total. The van der Waals surface area contributed by atoms with Gasteiger partial charge in [-0.15, -0.1) is 5.10 Å². The summed E-state index contributed by atoms with van der Waals surface area (Å²) in [6.45, 7) is 6.48. The minimum Gasteiger partial charge on any atom is -0.463 e. The average Bonchev–Trinajstić information content (AvgIpc) is 3.28. The lowest BCUT2D eigenvalue weighted by atomic mass is 9.97. The third-order valence-corrected chi connectivity index (χ3v) is 5.60. The van der Waals surface area contributed by atoms with Gasteiger partial charge in [0.1, 0.15) is 12.7 Å². The summed E-state index contributed by atoms with van der Waals surface area (Å²) in [4.78, 5) is 47.3. The maximum absolute atomic E-state index is 12.0. The summed E-state index contributed by atoms with van der Waals surface area (Å²) in [6.07, 6.45) is -2.94. The predicted octanol–water partition coefficient (Wildman–Crippen LogP) is 1.69. The van der Waals surface area contributed by atoms with Crippen LogP contribution in [0.15, 0.2) is 30.5 Å². The maximum Gasteiger partial charge on any atom is 0.303 e. The smallest absolute Gasteiger partial charge is 0.303 e. The van der Waals surface area contributed by atoms with Crippen molar-refractivity contribution in [1.29, 1.82) is 0 Å². The molecular formula is C25H31N3O9. The van der Waals surface area contributed by atoms with E-state index >= 15 is 0 Å². The zero-order chi connectivity index (χ0) is 27.1. The average molecular weight is 518 g/mol. The summed E-state index contributed by atoms with van der Waals surface area (Å²) >= 11 is 0. The van der Waals surface area contributed by atoms with Crippen LogP contribution in [0.25, 0.3) is 0 Å². The third-order valence-electron chi connectivity index (χ3n) is 5.60. The number of hydrogen-bond donors (Lipinski definition) is 0. The van der Waals surface area contributed by atoms with E-state index in [0.29, 0.717) is 12.1 Å². The SMILES string of the molecule is CCc1ccc(Cc2cn([C@@H]3O[C@H](COC(C)=O)[C@@H](OC(C)=O)[C@H](OC(C)=O)[C@H]3OC(C)=O)nn2)cc1. The summed E-state index contributed by atoms with van der Waals surface area (Å²) in [6, 6.07) is 8.09.